The van der Waals surface area contributed by atoms with Crippen molar-refractivity contribution in [1.29, 1.82) is 0 Å². The lowest BCUT2D eigenvalue weighted by atomic mass is 10.0. The molecule has 0 atom stereocenters. The Labute approximate surface area is 150 Å². The molecule has 0 aromatic heterocycles. The second kappa shape index (κ2) is 11.2. The van der Waals surface area contributed by atoms with Gasteiger partial charge in [0.25, 0.3) is 0 Å². The molecule has 2 aromatic rings. The lowest BCUT2D eigenvalue weighted by Gasteiger charge is -2.06. The molecule has 0 aliphatic heterocycles. The minimum atomic E-state index is -0.264. The Morgan fingerprint density at radius 1 is 0.800 bits per heavy atom. The van der Waals surface area contributed by atoms with E-state index in [-0.39, 0.29) is 5.97 Å². The van der Waals surface area contributed by atoms with Crippen molar-refractivity contribution in [3.63, 3.8) is 0 Å². The lowest BCUT2D eigenvalue weighted by molar-refractivity contribution is -0.143. The van der Waals surface area contributed by atoms with Crippen molar-refractivity contribution in [3.05, 3.63) is 71.8 Å². The van der Waals surface area contributed by atoms with Gasteiger partial charge in [-0.25, -0.2) is 4.79 Å². The van der Waals surface area contributed by atoms with Gasteiger partial charge in [0.15, 0.2) is 0 Å². The highest BCUT2D eigenvalue weighted by Gasteiger charge is 2.09. The van der Waals surface area contributed by atoms with Crippen LogP contribution in [0.25, 0.3) is 0 Å². The van der Waals surface area contributed by atoms with E-state index in [1.165, 1.54) is 25.7 Å². The third-order valence-electron chi connectivity index (χ3n) is 4.07. The van der Waals surface area contributed by atoms with Crippen LogP contribution in [0, 0.1) is 0 Å². The Balaban J connectivity index is 1.93. The van der Waals surface area contributed by atoms with Gasteiger partial charge in [0.2, 0.25) is 0 Å². The van der Waals surface area contributed by atoms with Crippen LogP contribution in [0.2, 0.25) is 0 Å². The van der Waals surface area contributed by atoms with E-state index in [1.54, 1.807) is 0 Å². The number of oxime groups is 1. The minimum absolute atomic E-state index is 0.264. The molecule has 0 bridgehead atoms. The van der Waals surface area contributed by atoms with Crippen LogP contribution < -0.4 is 0 Å². The smallest absolute Gasteiger partial charge is 0.318 e. The Hall–Kier alpha value is -2.42. The maximum Gasteiger partial charge on any atom is 0.335 e. The first-order valence-electron chi connectivity index (χ1n) is 9.20. The number of benzene rings is 2. The molecule has 0 saturated heterocycles. The molecule has 0 radical (unpaired) electrons. The standard InChI is InChI=1S/C22H27NO2/c1-2-3-4-5-6-13-18-21(24)25-23-22(19-14-9-7-10-15-19)20-16-11-8-12-17-20/h7-12,14-17H,2-6,13,18H2,1H3. The van der Waals surface area contributed by atoms with Crippen LogP contribution >= 0.6 is 0 Å². The first-order valence-corrected chi connectivity index (χ1v) is 9.20. The van der Waals surface area contributed by atoms with E-state index in [2.05, 4.69) is 12.1 Å². The van der Waals surface area contributed by atoms with E-state index in [4.69, 9.17) is 4.84 Å². The third-order valence-corrected chi connectivity index (χ3v) is 4.07. The summed E-state index contributed by atoms with van der Waals surface area (Å²) in [7, 11) is 0. The highest BCUT2D eigenvalue weighted by atomic mass is 16.7. The van der Waals surface area contributed by atoms with Crippen LogP contribution in [0.5, 0.6) is 0 Å². The van der Waals surface area contributed by atoms with Gasteiger partial charge in [-0.15, -0.1) is 0 Å². The van der Waals surface area contributed by atoms with Gasteiger partial charge in [0.05, 0.1) is 0 Å². The quantitative estimate of drug-likeness (QED) is 0.240. The molecule has 132 valence electrons. The average molecular weight is 337 g/mol. The van der Waals surface area contributed by atoms with E-state index in [0.717, 1.165) is 24.0 Å². The fourth-order valence-electron chi connectivity index (χ4n) is 2.66. The van der Waals surface area contributed by atoms with Gasteiger partial charge in [-0.2, -0.15) is 0 Å². The van der Waals surface area contributed by atoms with Crippen molar-refractivity contribution in [1.82, 2.24) is 0 Å². The molecule has 0 heterocycles. The molecule has 0 N–H and O–H groups in total. The molecule has 25 heavy (non-hydrogen) atoms. The van der Waals surface area contributed by atoms with Crippen molar-refractivity contribution in [3.8, 4) is 0 Å². The molecule has 3 nitrogen and oxygen atoms in total. The predicted octanol–water partition coefficient (Wildman–Crippen LogP) is 5.73. The van der Waals surface area contributed by atoms with Gasteiger partial charge in [-0.05, 0) is 6.42 Å². The molecule has 0 fully saturated rings. The van der Waals surface area contributed by atoms with Crippen molar-refractivity contribution in [2.75, 3.05) is 0 Å². The predicted molar refractivity (Wildman–Crippen MR) is 103 cm³/mol. The van der Waals surface area contributed by atoms with Gasteiger partial charge in [0.1, 0.15) is 5.71 Å². The second-order valence-corrected chi connectivity index (χ2v) is 6.15. The lowest BCUT2D eigenvalue weighted by Crippen LogP contribution is -2.07. The van der Waals surface area contributed by atoms with E-state index in [1.807, 2.05) is 60.7 Å². The number of carbonyl (C=O) groups excluding carboxylic acids is 1. The van der Waals surface area contributed by atoms with Gasteiger partial charge < -0.3 is 4.84 Å². The molecule has 0 unspecified atom stereocenters. The average Bonchev–Trinajstić information content (AvgIpc) is 2.66. The summed E-state index contributed by atoms with van der Waals surface area (Å²) in [5, 5.41) is 4.16. The molecule has 0 aliphatic carbocycles. The molecule has 2 aromatic carbocycles. The van der Waals surface area contributed by atoms with E-state index >= 15 is 0 Å². The molecule has 0 aliphatic rings. The van der Waals surface area contributed by atoms with Gasteiger partial charge in [-0.3, -0.25) is 0 Å². The van der Waals surface area contributed by atoms with Crippen LogP contribution in [0.1, 0.15) is 63.0 Å². The summed E-state index contributed by atoms with van der Waals surface area (Å²) in [6.07, 6.45) is 7.30. The van der Waals surface area contributed by atoms with Gasteiger partial charge >= 0.3 is 5.97 Å². The fourth-order valence-corrected chi connectivity index (χ4v) is 2.66. The van der Waals surface area contributed by atoms with Crippen molar-refractivity contribution in [2.24, 2.45) is 5.16 Å². The molecule has 3 heteroatoms. The number of rotatable bonds is 10. The van der Waals surface area contributed by atoms with Crippen molar-refractivity contribution in [2.45, 2.75) is 51.9 Å². The normalized spacial score (nSPS) is 10.3. The summed E-state index contributed by atoms with van der Waals surface area (Å²) in [6, 6.07) is 19.6. The maximum atomic E-state index is 12.0. The van der Waals surface area contributed by atoms with E-state index in [9.17, 15) is 4.79 Å². The first kappa shape index (κ1) is 18.9. The van der Waals surface area contributed by atoms with Gasteiger partial charge in [-0.1, -0.05) is 105 Å². The zero-order valence-corrected chi connectivity index (χ0v) is 15.0. The number of carbonyl (C=O) groups is 1. The Kier molecular flexibility index (Phi) is 8.46. The van der Waals surface area contributed by atoms with Gasteiger partial charge in [0, 0.05) is 17.5 Å². The molecular weight excluding hydrogens is 310 g/mol. The minimum Gasteiger partial charge on any atom is -0.318 e. The van der Waals surface area contributed by atoms with Crippen LogP contribution in [0.4, 0.5) is 0 Å². The number of unbranched alkanes of at least 4 members (excludes halogenated alkanes) is 5. The van der Waals surface area contributed by atoms with E-state index in [0.29, 0.717) is 12.1 Å². The molecule has 2 rings (SSSR count). The zero-order valence-electron chi connectivity index (χ0n) is 15.0. The summed E-state index contributed by atoms with van der Waals surface area (Å²) in [5.74, 6) is -0.264. The summed E-state index contributed by atoms with van der Waals surface area (Å²) in [6.45, 7) is 2.20. The molecule has 0 saturated carbocycles. The first-order chi connectivity index (χ1) is 12.3. The van der Waals surface area contributed by atoms with Crippen LogP contribution in [0.3, 0.4) is 0 Å². The summed E-state index contributed by atoms with van der Waals surface area (Å²) in [5.41, 5.74) is 2.54. The van der Waals surface area contributed by atoms with Crippen molar-refractivity contribution >= 4 is 11.7 Å². The molecule has 0 spiro atoms. The zero-order chi connectivity index (χ0) is 17.7. The Bertz CT molecular complexity index is 609. The Morgan fingerprint density at radius 3 is 1.88 bits per heavy atom. The Morgan fingerprint density at radius 2 is 1.32 bits per heavy atom. The summed E-state index contributed by atoms with van der Waals surface area (Å²) < 4.78 is 0. The fraction of sp³-hybridized carbons (Fsp3) is 0.364. The monoisotopic (exact) mass is 337 g/mol. The van der Waals surface area contributed by atoms with E-state index < -0.39 is 0 Å². The summed E-state index contributed by atoms with van der Waals surface area (Å²) in [4.78, 5) is 17.2. The van der Waals surface area contributed by atoms with Crippen molar-refractivity contribution < 1.29 is 9.63 Å². The SMILES string of the molecule is CCCCCCCCC(=O)ON=C(c1ccccc1)c1ccccc1. The topological polar surface area (TPSA) is 38.7 Å². The number of hydrogen-bond acceptors (Lipinski definition) is 3. The molecular formula is C22H27NO2. The second-order valence-electron chi connectivity index (χ2n) is 6.15. The number of hydrogen-bond donors (Lipinski definition) is 0. The largest absolute Gasteiger partial charge is 0.335 e. The van der Waals surface area contributed by atoms with Crippen LogP contribution in [-0.4, -0.2) is 11.7 Å². The van der Waals surface area contributed by atoms with Crippen LogP contribution in [0.15, 0.2) is 65.8 Å². The summed E-state index contributed by atoms with van der Waals surface area (Å²) >= 11 is 0. The third kappa shape index (κ3) is 6.92. The maximum absolute atomic E-state index is 12.0. The number of nitrogens with zero attached hydrogens (tertiary/aromatic N) is 1. The highest BCUT2D eigenvalue weighted by molar-refractivity contribution is 6.12. The molecule has 0 amide bonds. The highest BCUT2D eigenvalue weighted by Crippen LogP contribution is 2.12. The van der Waals surface area contributed by atoms with Crippen LogP contribution in [-0.2, 0) is 9.63 Å².